The Bertz CT molecular complexity index is 1660. The highest BCUT2D eigenvalue weighted by Gasteiger charge is 2.64. The maximum atomic E-state index is 15.1. The second-order valence-electron chi connectivity index (χ2n) is 17.1. The summed E-state index contributed by atoms with van der Waals surface area (Å²) in [5, 5.41) is 11.4. The number of aromatic nitrogens is 2. The fourth-order valence-electron chi connectivity index (χ4n) is 8.94. The second kappa shape index (κ2) is 16.3. The van der Waals surface area contributed by atoms with Gasteiger partial charge in [0.15, 0.2) is 0 Å². The van der Waals surface area contributed by atoms with Crippen LogP contribution in [0.4, 0.5) is 0 Å². The van der Waals surface area contributed by atoms with Crippen molar-refractivity contribution < 1.29 is 33.6 Å². The molecule has 1 aromatic heterocycles. The minimum Gasteiger partial charge on any atom is -0.347 e. The van der Waals surface area contributed by atoms with Crippen LogP contribution in [-0.2, 0) is 28.8 Å². The van der Waals surface area contributed by atoms with E-state index in [1.54, 1.807) is 11.9 Å². The molecular weight excluding hydrogens is 706 g/mol. The van der Waals surface area contributed by atoms with Crippen LogP contribution in [0.15, 0.2) is 18.6 Å². The number of likely N-dealkylation sites (N-methyl/N-ethyl adjacent to an activating group) is 1. The van der Waals surface area contributed by atoms with Crippen LogP contribution in [0.2, 0.25) is 0 Å². The number of fused-ring (bicyclic) bond motifs is 2. The fraction of sp³-hybridized carbons (Fsp3) is 0.718. The van der Waals surface area contributed by atoms with Crippen molar-refractivity contribution in [2.75, 3.05) is 20.1 Å². The lowest BCUT2D eigenvalue weighted by atomic mass is 9.82. The Morgan fingerprint density at radius 3 is 2.31 bits per heavy atom. The summed E-state index contributed by atoms with van der Waals surface area (Å²) in [6.45, 7) is 7.94. The van der Waals surface area contributed by atoms with Crippen molar-refractivity contribution in [3.8, 4) is 0 Å². The summed E-state index contributed by atoms with van der Waals surface area (Å²) in [4.78, 5) is 110. The van der Waals surface area contributed by atoms with Crippen LogP contribution in [0.5, 0.6) is 0 Å². The smallest absolute Gasteiger partial charge is 0.289 e. The first-order valence-electron chi connectivity index (χ1n) is 20.0. The van der Waals surface area contributed by atoms with Crippen molar-refractivity contribution in [1.82, 2.24) is 45.9 Å². The lowest BCUT2D eigenvalue weighted by Crippen LogP contribution is -2.62. The largest absolute Gasteiger partial charge is 0.347 e. The van der Waals surface area contributed by atoms with E-state index in [4.69, 9.17) is 0 Å². The summed E-state index contributed by atoms with van der Waals surface area (Å²) in [6.07, 6.45) is 12.3. The molecular formula is C39H57N9O7. The summed E-state index contributed by atoms with van der Waals surface area (Å²) in [5.74, 6) is -3.91. The average molecular weight is 764 g/mol. The normalized spacial score (nSPS) is 25.9. The summed E-state index contributed by atoms with van der Waals surface area (Å²) >= 11 is 0. The minimum absolute atomic E-state index is 0.00906. The van der Waals surface area contributed by atoms with Crippen molar-refractivity contribution in [2.24, 2.45) is 11.3 Å². The third kappa shape index (κ3) is 8.38. The van der Waals surface area contributed by atoms with E-state index < -0.39 is 70.6 Å². The molecule has 5 aliphatic rings. The first-order valence-corrected chi connectivity index (χ1v) is 20.0. The summed E-state index contributed by atoms with van der Waals surface area (Å²) in [5.41, 5.74) is -1.77. The number of ketones is 1. The Hall–Kier alpha value is -4.47. The van der Waals surface area contributed by atoms with Gasteiger partial charge in [-0.05, 0) is 56.3 Å². The number of hydrogen-bond donors (Lipinski definition) is 4. The van der Waals surface area contributed by atoms with Crippen LogP contribution in [0.25, 0.3) is 0 Å². The molecule has 55 heavy (non-hydrogen) atoms. The van der Waals surface area contributed by atoms with Crippen LogP contribution in [0.1, 0.15) is 115 Å². The summed E-state index contributed by atoms with van der Waals surface area (Å²) in [7, 11) is 1.70. The molecule has 1 spiro atoms. The van der Waals surface area contributed by atoms with Gasteiger partial charge in [0.1, 0.15) is 29.5 Å². The van der Waals surface area contributed by atoms with Crippen LogP contribution in [0.3, 0.4) is 0 Å². The monoisotopic (exact) mass is 763 g/mol. The molecule has 6 rings (SSSR count). The SMILES string of the molecule is CCCC(NC(=O)C1CC2(CN1C(=O)C(NC(=O)[C@@H](NC(=O)c1cnccn1)C1CCCCC1)C(C)(C)C)N(C)C(=O)C1CCCN12)C(=O)C(=O)NC1CC1. The van der Waals surface area contributed by atoms with E-state index in [0.29, 0.717) is 19.4 Å². The number of carbonyl (C=O) groups excluding carboxylic acids is 7. The van der Waals surface area contributed by atoms with Crippen molar-refractivity contribution in [2.45, 2.75) is 147 Å². The molecule has 6 amide bonds. The molecule has 0 bridgehead atoms. The standard InChI is InChI=1S/C39H57N9O7/c1-6-11-25(30(49)35(53)42-24-15-16-24)43-33(51)28-20-39(46(5)36(54)27-14-10-19-48(27)39)22-47(28)37(55)31(38(2,3)4)45-34(52)29(23-12-8-7-9-13-23)44-32(50)26-21-40-17-18-41-26/h17-18,21,23-25,27-29,31H,6-16,19-20,22H2,1-5H3,(H,42,53)(H,43,51)(H,44,50)(H,45,52)/t25?,27?,28?,29-,31?,39?/m0/s1. The van der Waals surface area contributed by atoms with E-state index in [1.165, 1.54) is 23.5 Å². The van der Waals surface area contributed by atoms with Gasteiger partial charge in [-0.15, -0.1) is 0 Å². The van der Waals surface area contributed by atoms with Gasteiger partial charge < -0.3 is 31.1 Å². The van der Waals surface area contributed by atoms with Gasteiger partial charge >= 0.3 is 0 Å². The summed E-state index contributed by atoms with van der Waals surface area (Å²) < 4.78 is 0. The molecule has 3 saturated heterocycles. The van der Waals surface area contributed by atoms with Gasteiger partial charge in [0.05, 0.1) is 24.8 Å². The van der Waals surface area contributed by atoms with E-state index in [-0.39, 0.29) is 49.0 Å². The zero-order chi connectivity index (χ0) is 39.7. The van der Waals surface area contributed by atoms with E-state index in [1.807, 2.05) is 27.7 Å². The number of nitrogens with one attached hydrogen (secondary N) is 4. The second-order valence-corrected chi connectivity index (χ2v) is 17.1. The first-order chi connectivity index (χ1) is 26.2. The van der Waals surface area contributed by atoms with Crippen molar-refractivity contribution in [3.05, 3.63) is 24.3 Å². The quantitative estimate of drug-likeness (QED) is 0.211. The van der Waals surface area contributed by atoms with Crippen LogP contribution >= 0.6 is 0 Å². The lowest BCUT2D eigenvalue weighted by Gasteiger charge is -2.39. The Morgan fingerprint density at radius 2 is 1.67 bits per heavy atom. The maximum Gasteiger partial charge on any atom is 0.289 e. The molecule has 5 fully saturated rings. The molecule has 3 aliphatic heterocycles. The van der Waals surface area contributed by atoms with Gasteiger partial charge in [0.25, 0.3) is 11.8 Å². The molecule has 4 heterocycles. The molecule has 0 aromatic carbocycles. The van der Waals surface area contributed by atoms with Crippen LogP contribution < -0.4 is 21.3 Å². The molecule has 300 valence electrons. The molecule has 16 nitrogen and oxygen atoms in total. The highest BCUT2D eigenvalue weighted by Crippen LogP contribution is 2.45. The van der Waals surface area contributed by atoms with Gasteiger partial charge in [-0.2, -0.15) is 0 Å². The predicted molar refractivity (Wildman–Crippen MR) is 200 cm³/mol. The predicted octanol–water partition coefficient (Wildman–Crippen LogP) is 1.05. The van der Waals surface area contributed by atoms with E-state index in [2.05, 4.69) is 36.1 Å². The lowest BCUT2D eigenvalue weighted by molar-refractivity contribution is -0.145. The molecule has 6 atom stereocenters. The number of carbonyl (C=O) groups is 7. The Labute approximate surface area is 322 Å². The minimum atomic E-state index is -1.14. The van der Waals surface area contributed by atoms with Gasteiger partial charge in [-0.3, -0.25) is 43.4 Å². The topological polar surface area (TPSA) is 203 Å². The highest BCUT2D eigenvalue weighted by molar-refractivity contribution is 6.38. The number of amides is 6. The number of Topliss-reactive ketones (excluding diaryl/α,β-unsaturated/α-hetero) is 1. The molecule has 2 aliphatic carbocycles. The zero-order valence-corrected chi connectivity index (χ0v) is 32.8. The van der Waals surface area contributed by atoms with Gasteiger partial charge in [-0.1, -0.05) is 53.4 Å². The van der Waals surface area contributed by atoms with E-state index in [9.17, 15) is 28.8 Å². The molecule has 16 heteroatoms. The van der Waals surface area contributed by atoms with Gasteiger partial charge in [-0.25, -0.2) is 4.98 Å². The van der Waals surface area contributed by atoms with Crippen molar-refractivity contribution in [3.63, 3.8) is 0 Å². The van der Waals surface area contributed by atoms with Crippen molar-refractivity contribution in [1.29, 1.82) is 0 Å². The number of nitrogens with zero attached hydrogens (tertiary/aromatic N) is 5. The Balaban J connectivity index is 1.29. The Morgan fingerprint density at radius 1 is 0.945 bits per heavy atom. The van der Waals surface area contributed by atoms with E-state index in [0.717, 1.165) is 51.4 Å². The van der Waals surface area contributed by atoms with E-state index >= 15 is 4.79 Å². The number of hydrogen-bond acceptors (Lipinski definition) is 10. The number of likely N-dealkylation sites (tertiary alicyclic amines) is 1. The molecule has 1 aromatic rings. The van der Waals surface area contributed by atoms with Gasteiger partial charge in [0, 0.05) is 38.4 Å². The van der Waals surface area contributed by atoms with Crippen LogP contribution in [0, 0.1) is 11.3 Å². The zero-order valence-electron chi connectivity index (χ0n) is 32.8. The van der Waals surface area contributed by atoms with Gasteiger partial charge in [0.2, 0.25) is 29.4 Å². The maximum absolute atomic E-state index is 15.1. The number of rotatable bonds is 13. The third-order valence-corrected chi connectivity index (χ3v) is 12.2. The molecule has 0 radical (unpaired) electrons. The summed E-state index contributed by atoms with van der Waals surface area (Å²) in [6, 6.07) is -4.71. The molecule has 4 N–H and O–H groups in total. The first kappa shape index (κ1) is 40.2. The average Bonchev–Trinajstić information content (AvgIpc) is 3.60. The van der Waals surface area contributed by atoms with Crippen LogP contribution in [-0.4, -0.2) is 128 Å². The van der Waals surface area contributed by atoms with Crippen molar-refractivity contribution >= 4 is 41.2 Å². The Kier molecular flexibility index (Phi) is 11.9. The third-order valence-electron chi connectivity index (χ3n) is 12.2. The fourth-order valence-corrected chi connectivity index (χ4v) is 8.94. The molecule has 2 saturated carbocycles. The highest BCUT2D eigenvalue weighted by atomic mass is 16.2. The molecule has 5 unspecified atom stereocenters.